The third-order valence-electron chi connectivity index (χ3n) is 4.21. The molecule has 2 aliphatic rings. The second kappa shape index (κ2) is 7.58. The molecule has 1 saturated carbocycles. The topological polar surface area (TPSA) is 55.4 Å². The number of anilines is 1. The average Bonchev–Trinajstić information content (AvgIpc) is 2.77. The molecule has 1 unspecified atom stereocenters. The lowest BCUT2D eigenvalue weighted by Gasteiger charge is -2.24. The number of thioether (sulfide) groups is 1. The Morgan fingerprint density at radius 1 is 1.26 bits per heavy atom. The number of hydrogen-bond donors (Lipinski definition) is 1. The van der Waals surface area contributed by atoms with Gasteiger partial charge in [-0.2, -0.15) is 0 Å². The molecule has 1 aliphatic heterocycles. The van der Waals surface area contributed by atoms with Crippen molar-refractivity contribution in [2.24, 2.45) is 0 Å². The average molecular weight is 354 g/mol. The van der Waals surface area contributed by atoms with E-state index in [0.717, 1.165) is 30.6 Å². The van der Waals surface area contributed by atoms with Gasteiger partial charge in [-0.3, -0.25) is 9.59 Å². The highest BCUT2D eigenvalue weighted by atomic mass is 35.5. The van der Waals surface area contributed by atoms with Gasteiger partial charge < -0.3 is 10.1 Å². The Balaban J connectivity index is 1.58. The zero-order valence-electron chi connectivity index (χ0n) is 12.8. The maximum absolute atomic E-state index is 12.2. The summed E-state index contributed by atoms with van der Waals surface area (Å²) in [6.07, 6.45) is 6.68. The van der Waals surface area contributed by atoms with Crippen LogP contribution in [0.1, 0.15) is 44.9 Å². The Bertz CT molecular complexity index is 600. The zero-order chi connectivity index (χ0) is 16.2. The van der Waals surface area contributed by atoms with Crippen molar-refractivity contribution in [3.05, 3.63) is 23.2 Å². The van der Waals surface area contributed by atoms with E-state index in [9.17, 15) is 9.59 Å². The minimum atomic E-state index is -0.443. The second-order valence-corrected chi connectivity index (χ2v) is 7.72. The SMILES string of the molecule is O=C(CC1Sc2ccc(Cl)cc2NC1=O)OC1CCCCCC1. The van der Waals surface area contributed by atoms with Crippen molar-refractivity contribution >= 4 is 40.9 Å². The third kappa shape index (κ3) is 4.42. The Morgan fingerprint density at radius 3 is 2.74 bits per heavy atom. The number of fused-ring (bicyclic) bond motifs is 1. The molecule has 0 radical (unpaired) electrons. The Labute approximate surface area is 145 Å². The molecule has 1 N–H and O–H groups in total. The quantitative estimate of drug-likeness (QED) is 0.646. The summed E-state index contributed by atoms with van der Waals surface area (Å²) in [5.41, 5.74) is 0.709. The Hall–Kier alpha value is -1.20. The maximum atomic E-state index is 12.2. The molecule has 0 aromatic heterocycles. The van der Waals surface area contributed by atoms with Crippen LogP contribution in [0.25, 0.3) is 0 Å². The third-order valence-corrected chi connectivity index (χ3v) is 5.72. The van der Waals surface area contributed by atoms with Crippen LogP contribution in [0, 0.1) is 0 Å². The molecule has 1 atom stereocenters. The lowest BCUT2D eigenvalue weighted by atomic mass is 10.1. The lowest BCUT2D eigenvalue weighted by molar-refractivity contribution is -0.150. The molecule has 6 heteroatoms. The first-order valence-electron chi connectivity index (χ1n) is 8.08. The van der Waals surface area contributed by atoms with Crippen LogP contribution in [0.2, 0.25) is 5.02 Å². The first-order valence-corrected chi connectivity index (χ1v) is 9.34. The molecule has 23 heavy (non-hydrogen) atoms. The van der Waals surface area contributed by atoms with Gasteiger partial charge >= 0.3 is 5.97 Å². The monoisotopic (exact) mass is 353 g/mol. The van der Waals surface area contributed by atoms with E-state index in [2.05, 4.69) is 5.32 Å². The van der Waals surface area contributed by atoms with Gasteiger partial charge in [0.05, 0.1) is 17.4 Å². The first-order chi connectivity index (χ1) is 11.1. The molecule has 1 aliphatic carbocycles. The molecule has 1 aromatic rings. The number of nitrogens with one attached hydrogen (secondary N) is 1. The van der Waals surface area contributed by atoms with Crippen molar-refractivity contribution in [2.75, 3.05) is 5.32 Å². The van der Waals surface area contributed by atoms with E-state index >= 15 is 0 Å². The largest absolute Gasteiger partial charge is 0.462 e. The number of carbonyl (C=O) groups is 2. The van der Waals surface area contributed by atoms with E-state index in [-0.39, 0.29) is 24.4 Å². The van der Waals surface area contributed by atoms with Crippen LogP contribution in [0.4, 0.5) is 5.69 Å². The summed E-state index contributed by atoms with van der Waals surface area (Å²) in [7, 11) is 0. The number of ether oxygens (including phenoxy) is 1. The predicted molar refractivity (Wildman–Crippen MR) is 91.9 cm³/mol. The van der Waals surface area contributed by atoms with Gasteiger partial charge in [0.15, 0.2) is 0 Å². The maximum Gasteiger partial charge on any atom is 0.307 e. The summed E-state index contributed by atoms with van der Waals surface area (Å²) in [5.74, 6) is -0.440. The van der Waals surface area contributed by atoms with Crippen LogP contribution in [-0.2, 0) is 14.3 Å². The fourth-order valence-electron chi connectivity index (χ4n) is 3.00. The fraction of sp³-hybridized carbons (Fsp3) is 0.529. The van der Waals surface area contributed by atoms with E-state index in [4.69, 9.17) is 16.3 Å². The van der Waals surface area contributed by atoms with E-state index in [1.807, 2.05) is 6.07 Å². The smallest absolute Gasteiger partial charge is 0.307 e. The van der Waals surface area contributed by atoms with Crippen molar-refractivity contribution in [3.8, 4) is 0 Å². The number of halogens is 1. The first kappa shape index (κ1) is 16.7. The van der Waals surface area contributed by atoms with E-state index < -0.39 is 5.25 Å². The number of benzene rings is 1. The molecule has 1 fully saturated rings. The van der Waals surface area contributed by atoms with Crippen molar-refractivity contribution in [2.45, 2.75) is 61.2 Å². The number of hydrogen-bond acceptors (Lipinski definition) is 4. The molecule has 0 saturated heterocycles. The van der Waals surface area contributed by atoms with E-state index in [1.54, 1.807) is 12.1 Å². The van der Waals surface area contributed by atoms with Gasteiger partial charge in [0.2, 0.25) is 5.91 Å². The summed E-state index contributed by atoms with van der Waals surface area (Å²) in [6.45, 7) is 0. The number of carbonyl (C=O) groups excluding carboxylic acids is 2. The molecule has 124 valence electrons. The molecule has 0 bridgehead atoms. The standard InChI is InChI=1S/C17H20ClNO3S/c18-11-7-8-14-13(9-11)19-17(21)15(23-14)10-16(20)22-12-5-3-1-2-4-6-12/h7-9,12,15H,1-6,10H2,(H,19,21). The zero-order valence-corrected chi connectivity index (χ0v) is 14.4. The highest BCUT2D eigenvalue weighted by molar-refractivity contribution is 8.01. The summed E-state index contributed by atoms with van der Waals surface area (Å²) < 4.78 is 5.58. The van der Waals surface area contributed by atoms with Crippen molar-refractivity contribution in [1.82, 2.24) is 0 Å². The molecular formula is C17H20ClNO3S. The molecule has 3 rings (SSSR count). The van der Waals surface area contributed by atoms with Crippen LogP contribution in [-0.4, -0.2) is 23.2 Å². The van der Waals surface area contributed by atoms with Crippen molar-refractivity contribution in [1.29, 1.82) is 0 Å². The molecule has 1 aromatic carbocycles. The summed E-state index contributed by atoms with van der Waals surface area (Å²) in [6, 6.07) is 5.37. The molecule has 1 amide bonds. The Morgan fingerprint density at radius 2 is 2.00 bits per heavy atom. The fourth-order valence-corrected chi connectivity index (χ4v) is 4.25. The van der Waals surface area contributed by atoms with Crippen molar-refractivity contribution < 1.29 is 14.3 Å². The predicted octanol–water partition coefficient (Wildman–Crippen LogP) is 4.41. The number of amides is 1. The van der Waals surface area contributed by atoms with E-state index in [1.165, 1.54) is 24.6 Å². The summed E-state index contributed by atoms with van der Waals surface area (Å²) in [5, 5.41) is 2.95. The number of esters is 1. The van der Waals surface area contributed by atoms with Crippen molar-refractivity contribution in [3.63, 3.8) is 0 Å². The van der Waals surface area contributed by atoms with Gasteiger partial charge in [0.1, 0.15) is 6.10 Å². The van der Waals surface area contributed by atoms with Gasteiger partial charge in [0, 0.05) is 9.92 Å². The summed E-state index contributed by atoms with van der Waals surface area (Å²) in [4.78, 5) is 25.3. The van der Waals surface area contributed by atoms with Crippen LogP contribution in [0.5, 0.6) is 0 Å². The van der Waals surface area contributed by atoms with E-state index in [0.29, 0.717) is 10.7 Å². The molecular weight excluding hydrogens is 334 g/mol. The van der Waals surface area contributed by atoms with Crippen LogP contribution in [0.15, 0.2) is 23.1 Å². The molecule has 0 spiro atoms. The Kier molecular flexibility index (Phi) is 5.49. The summed E-state index contributed by atoms with van der Waals surface area (Å²) >= 11 is 7.33. The molecule has 4 nitrogen and oxygen atoms in total. The van der Waals surface area contributed by atoms with Crippen LogP contribution < -0.4 is 5.32 Å². The van der Waals surface area contributed by atoms with Gasteiger partial charge in [0.25, 0.3) is 0 Å². The highest BCUT2D eigenvalue weighted by Crippen LogP contribution is 2.38. The second-order valence-electron chi connectivity index (χ2n) is 6.04. The minimum Gasteiger partial charge on any atom is -0.462 e. The van der Waals surface area contributed by atoms with Gasteiger partial charge in [-0.05, 0) is 43.9 Å². The lowest BCUT2D eigenvalue weighted by Crippen LogP contribution is -2.32. The number of rotatable bonds is 3. The van der Waals surface area contributed by atoms with Gasteiger partial charge in [-0.1, -0.05) is 24.4 Å². The molecule has 1 heterocycles. The van der Waals surface area contributed by atoms with Gasteiger partial charge in [-0.25, -0.2) is 0 Å². The highest BCUT2D eigenvalue weighted by Gasteiger charge is 2.30. The van der Waals surface area contributed by atoms with Crippen LogP contribution in [0.3, 0.4) is 0 Å². The van der Waals surface area contributed by atoms with Crippen LogP contribution >= 0.6 is 23.4 Å². The van der Waals surface area contributed by atoms with Gasteiger partial charge in [-0.15, -0.1) is 11.8 Å². The normalized spacial score (nSPS) is 22.0. The minimum absolute atomic E-state index is 0.0211.